The minimum absolute atomic E-state index is 0.470. The Balaban J connectivity index is 2.70. The fraction of sp³-hybridized carbons (Fsp3) is 0.167. The molecule has 82 valence electrons. The number of nitrogens with zero attached hydrogens (tertiary/aromatic N) is 2. The van der Waals surface area contributed by atoms with Crippen LogP contribution in [0.2, 0.25) is 5.02 Å². The highest BCUT2D eigenvalue weighted by atomic mass is 35.5. The minimum atomic E-state index is 0.470. The molecule has 16 heavy (non-hydrogen) atoms. The number of hydrogen-bond acceptors (Lipinski definition) is 3. The first kappa shape index (κ1) is 10.9. The van der Waals surface area contributed by atoms with E-state index in [1.165, 1.54) is 0 Å². The van der Waals surface area contributed by atoms with Gasteiger partial charge in [0.15, 0.2) is 0 Å². The van der Waals surface area contributed by atoms with Crippen LogP contribution >= 0.6 is 11.6 Å². The van der Waals surface area contributed by atoms with E-state index in [0.29, 0.717) is 16.7 Å². The molecule has 0 amide bonds. The number of hydrogen-bond donors (Lipinski definition) is 1. The van der Waals surface area contributed by atoms with Crippen molar-refractivity contribution in [1.29, 1.82) is 0 Å². The third kappa shape index (κ3) is 1.86. The van der Waals surface area contributed by atoms with Crippen LogP contribution in [0.25, 0.3) is 11.1 Å². The molecule has 1 aromatic heterocycles. The van der Waals surface area contributed by atoms with Gasteiger partial charge in [-0.3, -0.25) is 0 Å². The molecule has 0 aliphatic rings. The lowest BCUT2D eigenvalue weighted by Crippen LogP contribution is -2.02. The van der Waals surface area contributed by atoms with Crippen molar-refractivity contribution in [3.63, 3.8) is 0 Å². The summed E-state index contributed by atoms with van der Waals surface area (Å²) in [5.41, 5.74) is 8.45. The topological polar surface area (TPSA) is 51.8 Å². The van der Waals surface area contributed by atoms with Crippen molar-refractivity contribution in [3.8, 4) is 11.1 Å². The van der Waals surface area contributed by atoms with Gasteiger partial charge < -0.3 is 5.73 Å². The summed E-state index contributed by atoms with van der Waals surface area (Å²) in [4.78, 5) is 8.46. The summed E-state index contributed by atoms with van der Waals surface area (Å²) in [5.74, 6) is 1.14. The number of aryl methyl sites for hydroxylation is 2. The molecule has 0 saturated heterocycles. The summed E-state index contributed by atoms with van der Waals surface area (Å²) in [6.07, 6.45) is 0. The van der Waals surface area contributed by atoms with Crippen LogP contribution in [0.1, 0.15) is 11.5 Å². The maximum Gasteiger partial charge on any atom is 0.135 e. The molecule has 3 nitrogen and oxygen atoms in total. The van der Waals surface area contributed by atoms with Crippen LogP contribution in [-0.2, 0) is 0 Å². The van der Waals surface area contributed by atoms with Gasteiger partial charge in [-0.25, -0.2) is 9.97 Å². The molecule has 1 aromatic carbocycles. The minimum Gasteiger partial charge on any atom is -0.383 e. The highest BCUT2D eigenvalue weighted by Crippen LogP contribution is 2.32. The normalized spacial score (nSPS) is 10.4. The zero-order chi connectivity index (χ0) is 11.7. The Kier molecular flexibility index (Phi) is 2.79. The molecule has 0 aliphatic carbocycles. The van der Waals surface area contributed by atoms with Gasteiger partial charge in [-0.2, -0.15) is 0 Å². The second-order valence-corrected chi connectivity index (χ2v) is 4.00. The molecular formula is C12H12ClN3. The Morgan fingerprint density at radius 2 is 1.81 bits per heavy atom. The summed E-state index contributed by atoms with van der Waals surface area (Å²) in [5, 5.41) is 0.657. The zero-order valence-electron chi connectivity index (χ0n) is 9.16. The predicted molar refractivity (Wildman–Crippen MR) is 66.4 cm³/mol. The van der Waals surface area contributed by atoms with E-state index in [0.717, 1.165) is 16.8 Å². The van der Waals surface area contributed by atoms with E-state index >= 15 is 0 Å². The average molecular weight is 234 g/mol. The second-order valence-electron chi connectivity index (χ2n) is 3.60. The predicted octanol–water partition coefficient (Wildman–Crippen LogP) is 3.00. The lowest BCUT2D eigenvalue weighted by Gasteiger charge is -2.10. The van der Waals surface area contributed by atoms with Crippen LogP contribution in [0.3, 0.4) is 0 Å². The van der Waals surface area contributed by atoms with E-state index < -0.39 is 0 Å². The molecule has 0 fully saturated rings. The van der Waals surface area contributed by atoms with E-state index in [1.807, 2.05) is 38.1 Å². The largest absolute Gasteiger partial charge is 0.383 e. The smallest absolute Gasteiger partial charge is 0.135 e. The molecule has 4 heteroatoms. The SMILES string of the molecule is Cc1nc(C)c(-c2ccccc2Cl)c(N)n1. The maximum atomic E-state index is 6.13. The van der Waals surface area contributed by atoms with Crippen LogP contribution < -0.4 is 5.73 Å². The Morgan fingerprint density at radius 3 is 2.44 bits per heavy atom. The molecule has 0 spiro atoms. The van der Waals surface area contributed by atoms with Gasteiger partial charge in [0.05, 0.1) is 5.69 Å². The standard InChI is InChI=1S/C12H12ClN3/c1-7-11(12(14)16-8(2)15-7)9-5-3-4-6-10(9)13/h3-6H,1-2H3,(H2,14,15,16). The van der Waals surface area contributed by atoms with Gasteiger partial charge in [-0.05, 0) is 19.9 Å². The fourth-order valence-electron chi connectivity index (χ4n) is 1.74. The second kappa shape index (κ2) is 4.10. The van der Waals surface area contributed by atoms with E-state index in [-0.39, 0.29) is 0 Å². The number of nitrogen functional groups attached to an aromatic ring is 1. The highest BCUT2D eigenvalue weighted by molar-refractivity contribution is 6.33. The van der Waals surface area contributed by atoms with Crippen LogP contribution in [0, 0.1) is 13.8 Å². The summed E-state index contributed by atoms with van der Waals surface area (Å²) < 4.78 is 0. The van der Waals surface area contributed by atoms with E-state index in [9.17, 15) is 0 Å². The third-order valence-corrected chi connectivity index (χ3v) is 2.70. The first-order valence-corrected chi connectivity index (χ1v) is 5.33. The number of nitrogens with two attached hydrogens (primary N) is 1. The lowest BCUT2D eigenvalue weighted by molar-refractivity contribution is 1.02. The number of halogens is 1. The van der Waals surface area contributed by atoms with Gasteiger partial charge in [0.2, 0.25) is 0 Å². The van der Waals surface area contributed by atoms with Crippen LogP contribution in [0.15, 0.2) is 24.3 Å². The molecule has 2 aromatic rings. The Bertz CT molecular complexity index is 515. The number of anilines is 1. The highest BCUT2D eigenvalue weighted by Gasteiger charge is 2.12. The molecule has 0 bridgehead atoms. The molecule has 0 unspecified atom stereocenters. The number of rotatable bonds is 1. The summed E-state index contributed by atoms with van der Waals surface area (Å²) >= 11 is 6.13. The molecule has 2 N–H and O–H groups in total. The van der Waals surface area contributed by atoms with Crippen LogP contribution in [0.4, 0.5) is 5.82 Å². The molecule has 2 rings (SSSR count). The molecule has 0 atom stereocenters. The van der Waals surface area contributed by atoms with Crippen molar-refractivity contribution in [1.82, 2.24) is 9.97 Å². The summed E-state index contributed by atoms with van der Waals surface area (Å²) in [7, 11) is 0. The van der Waals surface area contributed by atoms with Crippen molar-refractivity contribution >= 4 is 17.4 Å². The van der Waals surface area contributed by atoms with Gasteiger partial charge in [0.1, 0.15) is 11.6 Å². The Morgan fingerprint density at radius 1 is 1.12 bits per heavy atom. The first-order valence-electron chi connectivity index (χ1n) is 4.95. The Labute approximate surface area is 99.3 Å². The van der Waals surface area contributed by atoms with Gasteiger partial charge in [0, 0.05) is 16.1 Å². The van der Waals surface area contributed by atoms with Crippen molar-refractivity contribution in [2.75, 3.05) is 5.73 Å². The molecule has 0 aliphatic heterocycles. The van der Waals surface area contributed by atoms with Gasteiger partial charge >= 0.3 is 0 Å². The van der Waals surface area contributed by atoms with E-state index in [2.05, 4.69) is 9.97 Å². The van der Waals surface area contributed by atoms with Crippen molar-refractivity contribution in [3.05, 3.63) is 40.8 Å². The van der Waals surface area contributed by atoms with Crippen molar-refractivity contribution < 1.29 is 0 Å². The first-order chi connectivity index (χ1) is 7.59. The lowest BCUT2D eigenvalue weighted by atomic mass is 10.0. The van der Waals surface area contributed by atoms with Crippen LogP contribution in [0.5, 0.6) is 0 Å². The van der Waals surface area contributed by atoms with Gasteiger partial charge in [-0.1, -0.05) is 29.8 Å². The van der Waals surface area contributed by atoms with Crippen molar-refractivity contribution in [2.45, 2.75) is 13.8 Å². The summed E-state index contributed by atoms with van der Waals surface area (Å²) in [6.45, 7) is 3.73. The number of benzene rings is 1. The molecular weight excluding hydrogens is 222 g/mol. The quantitative estimate of drug-likeness (QED) is 0.824. The summed E-state index contributed by atoms with van der Waals surface area (Å²) in [6, 6.07) is 7.54. The third-order valence-electron chi connectivity index (χ3n) is 2.37. The molecule has 1 heterocycles. The maximum absolute atomic E-state index is 6.13. The Hall–Kier alpha value is -1.61. The van der Waals surface area contributed by atoms with E-state index in [1.54, 1.807) is 0 Å². The van der Waals surface area contributed by atoms with Crippen LogP contribution in [-0.4, -0.2) is 9.97 Å². The van der Waals surface area contributed by atoms with Crippen molar-refractivity contribution in [2.24, 2.45) is 0 Å². The average Bonchev–Trinajstić information content (AvgIpc) is 2.19. The molecule has 0 saturated carbocycles. The fourth-order valence-corrected chi connectivity index (χ4v) is 1.97. The number of aromatic nitrogens is 2. The van der Waals surface area contributed by atoms with Gasteiger partial charge in [-0.15, -0.1) is 0 Å². The van der Waals surface area contributed by atoms with Gasteiger partial charge in [0.25, 0.3) is 0 Å². The van der Waals surface area contributed by atoms with E-state index in [4.69, 9.17) is 17.3 Å². The monoisotopic (exact) mass is 233 g/mol. The zero-order valence-corrected chi connectivity index (χ0v) is 9.92. The molecule has 0 radical (unpaired) electrons.